The lowest BCUT2D eigenvalue weighted by Gasteiger charge is -2.17. The lowest BCUT2D eigenvalue weighted by molar-refractivity contribution is 0.648. The standard InChI is InChI=1S/C16H20N4/c1-20(2)16-8-7-11(10-18-16)19-15-9-14(17)12-5-3-4-6-13(12)15/h3-8,10,14-15,19H,9,17H2,1-2H3. The van der Waals surface area contributed by atoms with Gasteiger partial charge in [-0.1, -0.05) is 24.3 Å². The molecular formula is C16H20N4. The van der Waals surface area contributed by atoms with Gasteiger partial charge in [-0.15, -0.1) is 0 Å². The summed E-state index contributed by atoms with van der Waals surface area (Å²) in [5.74, 6) is 0.957. The van der Waals surface area contributed by atoms with E-state index < -0.39 is 0 Å². The summed E-state index contributed by atoms with van der Waals surface area (Å²) in [6, 6.07) is 12.9. The Hall–Kier alpha value is -2.07. The highest BCUT2D eigenvalue weighted by molar-refractivity contribution is 5.51. The summed E-state index contributed by atoms with van der Waals surface area (Å²) >= 11 is 0. The minimum absolute atomic E-state index is 0.123. The van der Waals surface area contributed by atoms with Gasteiger partial charge >= 0.3 is 0 Å². The molecule has 1 aliphatic carbocycles. The fourth-order valence-electron chi connectivity index (χ4n) is 2.75. The maximum atomic E-state index is 6.19. The average molecular weight is 268 g/mol. The van der Waals surface area contributed by atoms with Crippen molar-refractivity contribution >= 4 is 11.5 Å². The Morgan fingerprint density at radius 3 is 2.55 bits per heavy atom. The summed E-state index contributed by atoms with van der Waals surface area (Å²) in [7, 11) is 3.98. The number of nitrogens with zero attached hydrogens (tertiary/aromatic N) is 2. The van der Waals surface area contributed by atoms with E-state index in [1.165, 1.54) is 11.1 Å². The molecule has 3 rings (SSSR count). The molecule has 4 nitrogen and oxygen atoms in total. The van der Waals surface area contributed by atoms with Crippen molar-refractivity contribution in [3.8, 4) is 0 Å². The Morgan fingerprint density at radius 1 is 1.15 bits per heavy atom. The number of hydrogen-bond acceptors (Lipinski definition) is 4. The maximum Gasteiger partial charge on any atom is 0.128 e. The summed E-state index contributed by atoms with van der Waals surface area (Å²) in [6.07, 6.45) is 2.80. The molecule has 0 radical (unpaired) electrons. The summed E-state index contributed by atoms with van der Waals surface area (Å²) in [6.45, 7) is 0. The van der Waals surface area contributed by atoms with Gasteiger partial charge in [0.05, 0.1) is 17.9 Å². The molecule has 0 aliphatic heterocycles. The molecule has 2 unspecified atom stereocenters. The van der Waals surface area contributed by atoms with Gasteiger partial charge in [0.2, 0.25) is 0 Å². The van der Waals surface area contributed by atoms with Crippen LogP contribution in [0.15, 0.2) is 42.6 Å². The summed E-state index contributed by atoms with van der Waals surface area (Å²) in [5.41, 5.74) is 9.78. The third kappa shape index (κ3) is 2.34. The van der Waals surface area contributed by atoms with Crippen molar-refractivity contribution in [3.05, 3.63) is 53.7 Å². The van der Waals surface area contributed by atoms with Crippen LogP contribution in [0.1, 0.15) is 29.6 Å². The highest BCUT2D eigenvalue weighted by atomic mass is 15.1. The maximum absolute atomic E-state index is 6.19. The number of nitrogens with one attached hydrogen (secondary N) is 1. The van der Waals surface area contributed by atoms with Gasteiger partial charge < -0.3 is 16.0 Å². The molecule has 1 heterocycles. The fourth-order valence-corrected chi connectivity index (χ4v) is 2.75. The molecule has 0 fully saturated rings. The van der Waals surface area contributed by atoms with Crippen molar-refractivity contribution in [2.45, 2.75) is 18.5 Å². The largest absolute Gasteiger partial charge is 0.377 e. The van der Waals surface area contributed by atoms with Crippen LogP contribution in [0.25, 0.3) is 0 Å². The van der Waals surface area contributed by atoms with Gasteiger partial charge in [-0.2, -0.15) is 0 Å². The van der Waals surface area contributed by atoms with Crippen molar-refractivity contribution in [1.82, 2.24) is 4.98 Å². The van der Waals surface area contributed by atoms with Crippen LogP contribution >= 0.6 is 0 Å². The van der Waals surface area contributed by atoms with Crippen LogP contribution in [0.3, 0.4) is 0 Å². The quantitative estimate of drug-likeness (QED) is 0.898. The van der Waals surface area contributed by atoms with Crippen molar-refractivity contribution in [2.24, 2.45) is 5.73 Å². The Balaban J connectivity index is 1.79. The zero-order chi connectivity index (χ0) is 14.1. The number of hydrogen-bond donors (Lipinski definition) is 2. The number of pyridine rings is 1. The molecule has 0 amide bonds. The van der Waals surface area contributed by atoms with E-state index >= 15 is 0 Å². The molecule has 20 heavy (non-hydrogen) atoms. The number of nitrogens with two attached hydrogens (primary N) is 1. The van der Waals surface area contributed by atoms with Crippen molar-refractivity contribution in [1.29, 1.82) is 0 Å². The molecule has 0 saturated carbocycles. The molecule has 3 N–H and O–H groups in total. The van der Waals surface area contributed by atoms with E-state index in [9.17, 15) is 0 Å². The molecule has 2 atom stereocenters. The molecule has 104 valence electrons. The Kier molecular flexibility index (Phi) is 3.32. The second-order valence-corrected chi connectivity index (χ2v) is 5.47. The molecule has 1 aromatic heterocycles. The number of rotatable bonds is 3. The third-order valence-electron chi connectivity index (χ3n) is 3.81. The lowest BCUT2D eigenvalue weighted by atomic mass is 10.1. The van der Waals surface area contributed by atoms with Gasteiger partial charge in [-0.25, -0.2) is 4.98 Å². The number of fused-ring (bicyclic) bond motifs is 1. The number of anilines is 2. The SMILES string of the molecule is CN(C)c1ccc(NC2CC(N)c3ccccc32)cn1. The van der Waals surface area contributed by atoms with Gasteiger partial charge in [0.25, 0.3) is 0 Å². The third-order valence-corrected chi connectivity index (χ3v) is 3.81. The van der Waals surface area contributed by atoms with Gasteiger partial charge in [-0.3, -0.25) is 0 Å². The minimum atomic E-state index is 0.123. The van der Waals surface area contributed by atoms with E-state index in [2.05, 4.69) is 40.6 Å². The molecular weight excluding hydrogens is 248 g/mol. The van der Waals surface area contributed by atoms with E-state index in [-0.39, 0.29) is 12.1 Å². The Labute approximate surface area is 119 Å². The van der Waals surface area contributed by atoms with E-state index in [1.807, 2.05) is 31.3 Å². The molecule has 4 heteroatoms. The highest BCUT2D eigenvalue weighted by Crippen LogP contribution is 2.38. The molecule has 0 saturated heterocycles. The van der Waals surface area contributed by atoms with Gasteiger partial charge in [0, 0.05) is 20.1 Å². The average Bonchev–Trinajstić information content (AvgIpc) is 2.77. The molecule has 1 aromatic carbocycles. The predicted octanol–water partition coefficient (Wildman–Crippen LogP) is 2.70. The molecule has 0 bridgehead atoms. The molecule has 1 aliphatic rings. The van der Waals surface area contributed by atoms with Gasteiger partial charge in [-0.05, 0) is 29.7 Å². The first-order valence-electron chi connectivity index (χ1n) is 6.89. The number of benzene rings is 1. The summed E-state index contributed by atoms with van der Waals surface area (Å²) in [5, 5.41) is 3.53. The van der Waals surface area contributed by atoms with Crippen molar-refractivity contribution < 1.29 is 0 Å². The topological polar surface area (TPSA) is 54.2 Å². The molecule has 0 spiro atoms. The van der Waals surface area contributed by atoms with Crippen LogP contribution in [0, 0.1) is 0 Å². The van der Waals surface area contributed by atoms with Crippen molar-refractivity contribution in [3.63, 3.8) is 0 Å². The zero-order valence-corrected chi connectivity index (χ0v) is 11.9. The van der Waals surface area contributed by atoms with Crippen LogP contribution < -0.4 is 16.0 Å². The molecule has 2 aromatic rings. The predicted molar refractivity (Wildman–Crippen MR) is 82.9 cm³/mol. The van der Waals surface area contributed by atoms with Gasteiger partial charge in [0.1, 0.15) is 5.82 Å². The van der Waals surface area contributed by atoms with Crippen LogP contribution in [0.4, 0.5) is 11.5 Å². The number of aromatic nitrogens is 1. The van der Waals surface area contributed by atoms with E-state index in [1.54, 1.807) is 0 Å². The summed E-state index contributed by atoms with van der Waals surface area (Å²) in [4.78, 5) is 6.42. The second kappa shape index (κ2) is 5.13. The second-order valence-electron chi connectivity index (χ2n) is 5.47. The van der Waals surface area contributed by atoms with Gasteiger partial charge in [0.15, 0.2) is 0 Å². The first kappa shape index (κ1) is 12.9. The van der Waals surface area contributed by atoms with Crippen LogP contribution in [0.5, 0.6) is 0 Å². The first-order chi connectivity index (χ1) is 9.65. The first-order valence-corrected chi connectivity index (χ1v) is 6.89. The van der Waals surface area contributed by atoms with Crippen LogP contribution in [-0.4, -0.2) is 19.1 Å². The van der Waals surface area contributed by atoms with Crippen LogP contribution in [0.2, 0.25) is 0 Å². The monoisotopic (exact) mass is 268 g/mol. The lowest BCUT2D eigenvalue weighted by Crippen LogP contribution is -2.12. The van der Waals surface area contributed by atoms with E-state index in [0.717, 1.165) is 17.9 Å². The Morgan fingerprint density at radius 2 is 1.90 bits per heavy atom. The fraction of sp³-hybridized carbons (Fsp3) is 0.312. The van der Waals surface area contributed by atoms with E-state index in [4.69, 9.17) is 5.73 Å². The normalized spacial score (nSPS) is 20.6. The van der Waals surface area contributed by atoms with E-state index in [0.29, 0.717) is 0 Å². The van der Waals surface area contributed by atoms with Crippen molar-refractivity contribution in [2.75, 3.05) is 24.3 Å². The van der Waals surface area contributed by atoms with Crippen LogP contribution in [-0.2, 0) is 0 Å². The summed E-state index contributed by atoms with van der Waals surface area (Å²) < 4.78 is 0. The zero-order valence-electron chi connectivity index (χ0n) is 11.9. The minimum Gasteiger partial charge on any atom is -0.377 e. The smallest absolute Gasteiger partial charge is 0.128 e. The Bertz CT molecular complexity index is 592. The highest BCUT2D eigenvalue weighted by Gasteiger charge is 2.27.